The summed E-state index contributed by atoms with van der Waals surface area (Å²) in [6.07, 6.45) is 13.7. The Balaban J connectivity index is 1.73. The third kappa shape index (κ3) is 5.65. The summed E-state index contributed by atoms with van der Waals surface area (Å²) in [5.41, 5.74) is 0. The van der Waals surface area contributed by atoms with Crippen molar-refractivity contribution in [3.63, 3.8) is 0 Å². The minimum absolute atomic E-state index is 0.781. The molecule has 3 heteroatoms. The molecule has 0 spiro atoms. The molecule has 2 aliphatic rings. The molecule has 0 aromatic heterocycles. The smallest absolute Gasteiger partial charge is 0.0223 e. The number of hydrogen-bond acceptors (Lipinski definition) is 3. The standard InChI is InChI=1S/C16H32N2S/c1-19-13-6-5-11-18-12-7-10-17-16(14-18)15-8-3-2-4-9-15/h15-17H,2-14H2,1H3. The van der Waals surface area contributed by atoms with E-state index in [-0.39, 0.29) is 0 Å². The lowest BCUT2D eigenvalue weighted by atomic mass is 9.83. The van der Waals surface area contributed by atoms with Crippen molar-refractivity contribution in [1.82, 2.24) is 10.2 Å². The first kappa shape index (κ1) is 15.7. The molecule has 0 amide bonds. The Hall–Kier alpha value is 0.270. The highest BCUT2D eigenvalue weighted by Gasteiger charge is 2.26. The third-order valence-electron chi connectivity index (χ3n) is 4.80. The lowest BCUT2D eigenvalue weighted by Gasteiger charge is -2.33. The Kier molecular flexibility index (Phi) is 7.62. The molecule has 2 nitrogen and oxygen atoms in total. The monoisotopic (exact) mass is 284 g/mol. The topological polar surface area (TPSA) is 15.3 Å². The maximum atomic E-state index is 3.84. The van der Waals surface area contributed by atoms with Crippen molar-refractivity contribution < 1.29 is 0 Å². The van der Waals surface area contributed by atoms with Crippen LogP contribution in [0.3, 0.4) is 0 Å². The van der Waals surface area contributed by atoms with Crippen molar-refractivity contribution in [2.24, 2.45) is 5.92 Å². The van der Waals surface area contributed by atoms with E-state index in [4.69, 9.17) is 0 Å². The fraction of sp³-hybridized carbons (Fsp3) is 1.00. The molecule has 1 atom stereocenters. The van der Waals surface area contributed by atoms with Crippen LogP contribution < -0.4 is 5.32 Å². The first-order chi connectivity index (χ1) is 9.40. The fourth-order valence-corrected chi connectivity index (χ4v) is 4.15. The summed E-state index contributed by atoms with van der Waals surface area (Å²) in [6, 6.07) is 0.781. The lowest BCUT2D eigenvalue weighted by molar-refractivity contribution is 0.204. The van der Waals surface area contributed by atoms with E-state index in [1.165, 1.54) is 83.3 Å². The summed E-state index contributed by atoms with van der Waals surface area (Å²) >= 11 is 1.98. The minimum atomic E-state index is 0.781. The van der Waals surface area contributed by atoms with Gasteiger partial charge in [0.1, 0.15) is 0 Å². The number of rotatable bonds is 6. The van der Waals surface area contributed by atoms with E-state index in [1.54, 1.807) is 0 Å². The Morgan fingerprint density at radius 2 is 1.95 bits per heavy atom. The number of unbranched alkanes of at least 4 members (excludes halogenated alkanes) is 1. The van der Waals surface area contributed by atoms with E-state index in [0.717, 1.165) is 12.0 Å². The van der Waals surface area contributed by atoms with E-state index in [0.29, 0.717) is 0 Å². The highest BCUT2D eigenvalue weighted by Crippen LogP contribution is 2.27. The minimum Gasteiger partial charge on any atom is -0.312 e. The quantitative estimate of drug-likeness (QED) is 0.753. The molecule has 0 bridgehead atoms. The summed E-state index contributed by atoms with van der Waals surface area (Å²) in [7, 11) is 0. The summed E-state index contributed by atoms with van der Waals surface area (Å²) in [5, 5.41) is 3.84. The summed E-state index contributed by atoms with van der Waals surface area (Å²) in [4.78, 5) is 2.74. The van der Waals surface area contributed by atoms with Gasteiger partial charge in [0, 0.05) is 12.6 Å². The van der Waals surface area contributed by atoms with Gasteiger partial charge in [-0.3, -0.25) is 0 Å². The van der Waals surface area contributed by atoms with Crippen molar-refractivity contribution in [3.8, 4) is 0 Å². The lowest BCUT2D eigenvalue weighted by Crippen LogP contribution is -2.43. The molecular formula is C16H32N2S. The molecule has 1 aliphatic heterocycles. The Bertz CT molecular complexity index is 229. The summed E-state index contributed by atoms with van der Waals surface area (Å²) in [5.74, 6) is 2.29. The van der Waals surface area contributed by atoms with Crippen molar-refractivity contribution in [3.05, 3.63) is 0 Å². The van der Waals surface area contributed by atoms with Crippen molar-refractivity contribution in [2.75, 3.05) is 38.2 Å². The average Bonchev–Trinajstić information content (AvgIpc) is 2.70. The normalized spacial score (nSPS) is 27.3. The molecule has 1 heterocycles. The number of hydrogen-bond donors (Lipinski definition) is 1. The van der Waals surface area contributed by atoms with Gasteiger partial charge in [-0.05, 0) is 69.7 Å². The van der Waals surface area contributed by atoms with E-state index < -0.39 is 0 Å². The molecular weight excluding hydrogens is 252 g/mol. The van der Waals surface area contributed by atoms with Crippen LogP contribution >= 0.6 is 11.8 Å². The zero-order valence-electron chi connectivity index (χ0n) is 12.7. The number of nitrogens with zero attached hydrogens (tertiary/aromatic N) is 1. The van der Waals surface area contributed by atoms with Gasteiger partial charge >= 0.3 is 0 Å². The van der Waals surface area contributed by atoms with Crippen LogP contribution in [0.1, 0.15) is 51.4 Å². The van der Waals surface area contributed by atoms with Gasteiger partial charge in [-0.25, -0.2) is 0 Å². The van der Waals surface area contributed by atoms with Gasteiger partial charge in [0.05, 0.1) is 0 Å². The van der Waals surface area contributed by atoms with Crippen molar-refractivity contribution in [2.45, 2.75) is 57.4 Å². The zero-order valence-corrected chi connectivity index (χ0v) is 13.5. The predicted molar refractivity (Wildman–Crippen MR) is 87.0 cm³/mol. The summed E-state index contributed by atoms with van der Waals surface area (Å²) < 4.78 is 0. The molecule has 1 saturated heterocycles. The second-order valence-electron chi connectivity index (χ2n) is 6.31. The second-order valence-corrected chi connectivity index (χ2v) is 7.30. The fourth-order valence-electron chi connectivity index (χ4n) is 3.66. The first-order valence-corrected chi connectivity index (χ1v) is 9.74. The predicted octanol–water partition coefficient (Wildman–Crippen LogP) is 3.37. The zero-order chi connectivity index (χ0) is 13.3. The largest absolute Gasteiger partial charge is 0.312 e. The molecule has 112 valence electrons. The van der Waals surface area contributed by atoms with Crippen molar-refractivity contribution in [1.29, 1.82) is 0 Å². The SMILES string of the molecule is CSCCCCN1CCCNC(C2CCCCC2)C1. The number of nitrogens with one attached hydrogen (secondary N) is 1. The Labute approximate surface area is 124 Å². The maximum Gasteiger partial charge on any atom is 0.0223 e. The van der Waals surface area contributed by atoms with Crippen LogP contribution in [-0.4, -0.2) is 49.1 Å². The van der Waals surface area contributed by atoms with E-state index in [1.807, 2.05) is 11.8 Å². The van der Waals surface area contributed by atoms with Crippen LogP contribution in [0.4, 0.5) is 0 Å². The van der Waals surface area contributed by atoms with Crippen LogP contribution in [0.15, 0.2) is 0 Å². The molecule has 1 saturated carbocycles. The van der Waals surface area contributed by atoms with E-state index in [2.05, 4.69) is 16.5 Å². The second kappa shape index (κ2) is 9.25. The highest BCUT2D eigenvalue weighted by molar-refractivity contribution is 7.98. The van der Waals surface area contributed by atoms with Gasteiger partial charge in [0.25, 0.3) is 0 Å². The van der Waals surface area contributed by atoms with Gasteiger partial charge in [-0.2, -0.15) is 11.8 Å². The van der Waals surface area contributed by atoms with Gasteiger partial charge in [-0.15, -0.1) is 0 Å². The Morgan fingerprint density at radius 3 is 2.74 bits per heavy atom. The molecule has 1 aliphatic carbocycles. The van der Waals surface area contributed by atoms with E-state index in [9.17, 15) is 0 Å². The molecule has 19 heavy (non-hydrogen) atoms. The maximum absolute atomic E-state index is 3.84. The first-order valence-electron chi connectivity index (χ1n) is 8.35. The third-order valence-corrected chi connectivity index (χ3v) is 5.50. The molecule has 0 aromatic carbocycles. The van der Waals surface area contributed by atoms with Gasteiger partial charge in [0.2, 0.25) is 0 Å². The van der Waals surface area contributed by atoms with Crippen LogP contribution in [0.2, 0.25) is 0 Å². The molecule has 1 N–H and O–H groups in total. The molecule has 0 radical (unpaired) electrons. The van der Waals surface area contributed by atoms with E-state index >= 15 is 0 Å². The molecule has 1 unspecified atom stereocenters. The van der Waals surface area contributed by atoms with Crippen LogP contribution in [0.25, 0.3) is 0 Å². The van der Waals surface area contributed by atoms with Crippen molar-refractivity contribution >= 4 is 11.8 Å². The highest BCUT2D eigenvalue weighted by atomic mass is 32.2. The number of thioether (sulfide) groups is 1. The molecule has 2 fully saturated rings. The van der Waals surface area contributed by atoms with Gasteiger partial charge in [-0.1, -0.05) is 19.3 Å². The molecule has 0 aromatic rings. The van der Waals surface area contributed by atoms with Gasteiger partial charge in [0.15, 0.2) is 0 Å². The summed E-state index contributed by atoms with van der Waals surface area (Å²) in [6.45, 7) is 5.19. The molecule has 2 rings (SSSR count). The van der Waals surface area contributed by atoms with Gasteiger partial charge < -0.3 is 10.2 Å². The van der Waals surface area contributed by atoms with Crippen LogP contribution in [-0.2, 0) is 0 Å². The van der Waals surface area contributed by atoms with Crippen LogP contribution in [0.5, 0.6) is 0 Å². The Morgan fingerprint density at radius 1 is 1.11 bits per heavy atom. The average molecular weight is 285 g/mol. The van der Waals surface area contributed by atoms with Crippen LogP contribution in [0, 0.1) is 5.92 Å².